The maximum absolute atomic E-state index is 12.6. The average Bonchev–Trinajstić information content (AvgIpc) is 2.89. The number of aliphatic hydroxyl groups is 1. The summed E-state index contributed by atoms with van der Waals surface area (Å²) in [7, 11) is 3.83. The van der Waals surface area contributed by atoms with Gasteiger partial charge in [0.05, 0.1) is 18.6 Å². The molecule has 0 aliphatic carbocycles. The van der Waals surface area contributed by atoms with Crippen molar-refractivity contribution < 1.29 is 19.4 Å². The smallest absolute Gasteiger partial charge is 0.227 e. The molecule has 132 valence electrons. The van der Waals surface area contributed by atoms with Gasteiger partial charge >= 0.3 is 0 Å². The van der Waals surface area contributed by atoms with E-state index in [0.29, 0.717) is 61.4 Å². The first-order valence-electron chi connectivity index (χ1n) is 8.09. The van der Waals surface area contributed by atoms with Crippen molar-refractivity contribution in [3.05, 3.63) is 22.7 Å². The number of carbonyl (C=O) groups is 1. The molecule has 7 heteroatoms. The molecule has 1 aromatic carbocycles. The molecule has 1 fully saturated rings. The maximum Gasteiger partial charge on any atom is 0.227 e. The van der Waals surface area contributed by atoms with Gasteiger partial charge in [-0.1, -0.05) is 11.6 Å². The molecule has 0 saturated carbocycles. The number of carbonyl (C=O) groups excluding carboxylic acids is 1. The van der Waals surface area contributed by atoms with E-state index in [1.165, 1.54) is 0 Å². The van der Waals surface area contributed by atoms with Crippen LogP contribution in [0.4, 0.5) is 0 Å². The van der Waals surface area contributed by atoms with Crippen molar-refractivity contribution in [1.82, 2.24) is 9.80 Å². The summed E-state index contributed by atoms with van der Waals surface area (Å²) in [5, 5.41) is 11.1. The molecule has 1 amide bonds. The Morgan fingerprint density at radius 3 is 2.67 bits per heavy atom. The summed E-state index contributed by atoms with van der Waals surface area (Å²) in [6.45, 7) is 2.45. The molecule has 0 unspecified atom stereocenters. The summed E-state index contributed by atoms with van der Waals surface area (Å²) >= 11 is 6.27. The van der Waals surface area contributed by atoms with Gasteiger partial charge in [0, 0.05) is 24.2 Å². The fourth-order valence-electron chi connectivity index (χ4n) is 3.30. The number of hydrogen-bond donors (Lipinski definition) is 1. The second-order valence-electron chi connectivity index (χ2n) is 6.79. The van der Waals surface area contributed by atoms with Crippen LogP contribution >= 0.6 is 11.6 Å². The summed E-state index contributed by atoms with van der Waals surface area (Å²) in [6.07, 6.45) is 0.777. The fraction of sp³-hybridized carbons (Fsp3) is 0.588. The van der Waals surface area contributed by atoms with Crippen molar-refractivity contribution in [3.63, 3.8) is 0 Å². The van der Waals surface area contributed by atoms with E-state index in [1.54, 1.807) is 17.0 Å². The predicted octanol–water partition coefficient (Wildman–Crippen LogP) is 1.18. The van der Waals surface area contributed by atoms with Gasteiger partial charge in [-0.05, 0) is 32.1 Å². The average molecular weight is 355 g/mol. The Bertz CT molecular complexity index is 637. The van der Waals surface area contributed by atoms with Gasteiger partial charge in [-0.3, -0.25) is 4.79 Å². The van der Waals surface area contributed by atoms with E-state index in [-0.39, 0.29) is 12.3 Å². The summed E-state index contributed by atoms with van der Waals surface area (Å²) in [6, 6.07) is 3.47. The van der Waals surface area contributed by atoms with Crippen LogP contribution in [-0.2, 0) is 11.2 Å². The number of nitrogens with zero attached hydrogens (tertiary/aromatic N) is 2. The number of ether oxygens (including phenoxy) is 2. The Labute approximate surface area is 146 Å². The normalized spacial score (nSPS) is 23.0. The highest BCUT2D eigenvalue weighted by molar-refractivity contribution is 6.31. The van der Waals surface area contributed by atoms with Crippen molar-refractivity contribution in [2.75, 3.05) is 46.9 Å². The Morgan fingerprint density at radius 2 is 2.00 bits per heavy atom. The first-order valence-corrected chi connectivity index (χ1v) is 8.47. The number of likely N-dealkylation sites (tertiary alicyclic amines) is 1. The predicted molar refractivity (Wildman–Crippen MR) is 90.8 cm³/mol. The number of rotatable bonds is 4. The zero-order valence-electron chi connectivity index (χ0n) is 14.0. The first-order chi connectivity index (χ1) is 11.4. The molecule has 0 bridgehead atoms. The van der Waals surface area contributed by atoms with Crippen LogP contribution in [0.5, 0.6) is 11.5 Å². The summed E-state index contributed by atoms with van der Waals surface area (Å²) in [5.74, 6) is 1.20. The van der Waals surface area contributed by atoms with Crippen molar-refractivity contribution in [2.45, 2.75) is 18.4 Å². The lowest BCUT2D eigenvalue weighted by Gasteiger charge is -2.26. The van der Waals surface area contributed by atoms with Gasteiger partial charge in [0.1, 0.15) is 13.2 Å². The van der Waals surface area contributed by atoms with Crippen LogP contribution in [0.3, 0.4) is 0 Å². The molecule has 2 aliphatic rings. The first kappa shape index (κ1) is 17.3. The number of amides is 1. The third-order valence-corrected chi connectivity index (χ3v) is 4.70. The minimum absolute atomic E-state index is 0.0386. The van der Waals surface area contributed by atoms with Crippen LogP contribution in [0.15, 0.2) is 12.1 Å². The van der Waals surface area contributed by atoms with E-state index in [4.69, 9.17) is 21.1 Å². The van der Waals surface area contributed by atoms with Crippen LogP contribution in [-0.4, -0.2) is 73.4 Å². The molecule has 1 aromatic rings. The minimum atomic E-state index is -0.838. The Balaban J connectivity index is 1.67. The molecule has 0 radical (unpaired) electrons. The lowest BCUT2D eigenvalue weighted by atomic mass is 10.0. The second kappa shape index (κ2) is 6.78. The monoisotopic (exact) mass is 354 g/mol. The van der Waals surface area contributed by atoms with Gasteiger partial charge in [0.25, 0.3) is 0 Å². The third-order valence-electron chi connectivity index (χ3n) is 4.35. The minimum Gasteiger partial charge on any atom is -0.486 e. The zero-order chi connectivity index (χ0) is 17.3. The van der Waals surface area contributed by atoms with Gasteiger partial charge in [-0.2, -0.15) is 0 Å². The Hall–Kier alpha value is -1.50. The van der Waals surface area contributed by atoms with E-state index in [9.17, 15) is 9.90 Å². The fourth-order valence-corrected chi connectivity index (χ4v) is 3.52. The molecule has 1 atom stereocenters. The highest BCUT2D eigenvalue weighted by atomic mass is 35.5. The summed E-state index contributed by atoms with van der Waals surface area (Å²) < 4.78 is 11.0. The van der Waals surface area contributed by atoms with E-state index in [1.807, 2.05) is 19.0 Å². The number of β-amino-alcohol motifs (C(OH)–C–C–N with tert-alkyl or cyclic N) is 1. The number of benzene rings is 1. The van der Waals surface area contributed by atoms with Gasteiger partial charge in [0.2, 0.25) is 5.91 Å². The molecule has 24 heavy (non-hydrogen) atoms. The molecule has 6 nitrogen and oxygen atoms in total. The maximum atomic E-state index is 12.6. The molecule has 0 spiro atoms. The second-order valence-corrected chi connectivity index (χ2v) is 7.20. The van der Waals surface area contributed by atoms with Crippen molar-refractivity contribution >= 4 is 17.5 Å². The molecule has 2 aliphatic heterocycles. The van der Waals surface area contributed by atoms with E-state index in [0.717, 1.165) is 0 Å². The standard InChI is InChI=1S/C17H23ClN2O4/c1-19(2)10-17(22)3-4-20(11-17)16(21)8-12-7-14-15(9-13(12)18)24-6-5-23-14/h7,9,22H,3-6,8,10-11H2,1-2H3/t17-/m1/s1. The van der Waals surface area contributed by atoms with Gasteiger partial charge in [0.15, 0.2) is 11.5 Å². The van der Waals surface area contributed by atoms with Crippen LogP contribution in [0.2, 0.25) is 5.02 Å². The van der Waals surface area contributed by atoms with Crippen molar-refractivity contribution in [1.29, 1.82) is 0 Å². The number of likely N-dealkylation sites (N-methyl/N-ethyl adjacent to an activating group) is 1. The van der Waals surface area contributed by atoms with Gasteiger partial charge < -0.3 is 24.4 Å². The number of fused-ring (bicyclic) bond motifs is 1. The molecule has 1 saturated heterocycles. The summed E-state index contributed by atoms with van der Waals surface area (Å²) in [5.41, 5.74) is -0.121. The van der Waals surface area contributed by atoms with Crippen LogP contribution < -0.4 is 9.47 Å². The molecule has 0 aromatic heterocycles. The molecule has 3 rings (SSSR count). The third kappa shape index (κ3) is 3.77. The Kier molecular flexibility index (Phi) is 4.90. The van der Waals surface area contributed by atoms with Crippen molar-refractivity contribution in [2.24, 2.45) is 0 Å². The highest BCUT2D eigenvalue weighted by Gasteiger charge is 2.38. The van der Waals surface area contributed by atoms with Gasteiger partial charge in [-0.15, -0.1) is 0 Å². The van der Waals surface area contributed by atoms with E-state index >= 15 is 0 Å². The van der Waals surface area contributed by atoms with Crippen molar-refractivity contribution in [3.8, 4) is 11.5 Å². The SMILES string of the molecule is CN(C)C[C@]1(O)CCN(C(=O)Cc2cc3c(cc2Cl)OCCO3)C1. The lowest BCUT2D eigenvalue weighted by Crippen LogP contribution is -2.43. The number of hydrogen-bond acceptors (Lipinski definition) is 5. The van der Waals surface area contributed by atoms with Crippen LogP contribution in [0.25, 0.3) is 0 Å². The number of halogens is 1. The zero-order valence-corrected chi connectivity index (χ0v) is 14.8. The topological polar surface area (TPSA) is 62.2 Å². The molecule has 2 heterocycles. The highest BCUT2D eigenvalue weighted by Crippen LogP contribution is 2.36. The molecule has 1 N–H and O–H groups in total. The summed E-state index contributed by atoms with van der Waals surface area (Å²) in [4.78, 5) is 16.2. The van der Waals surface area contributed by atoms with Crippen LogP contribution in [0.1, 0.15) is 12.0 Å². The largest absolute Gasteiger partial charge is 0.486 e. The molecular formula is C17H23ClN2O4. The molecular weight excluding hydrogens is 332 g/mol. The van der Waals surface area contributed by atoms with Crippen LogP contribution in [0, 0.1) is 0 Å². The quantitative estimate of drug-likeness (QED) is 0.879. The van der Waals surface area contributed by atoms with Gasteiger partial charge in [-0.25, -0.2) is 0 Å². The Morgan fingerprint density at radius 1 is 1.33 bits per heavy atom. The lowest BCUT2D eigenvalue weighted by molar-refractivity contribution is -0.130. The van der Waals surface area contributed by atoms with E-state index < -0.39 is 5.60 Å². The van der Waals surface area contributed by atoms with E-state index in [2.05, 4.69) is 0 Å².